The molecule has 0 bridgehead atoms. The molecule has 2 unspecified atom stereocenters. The van der Waals surface area contributed by atoms with Gasteiger partial charge in [0.15, 0.2) is 12.1 Å². The van der Waals surface area contributed by atoms with Gasteiger partial charge in [-0.15, -0.1) is 0 Å². The molecule has 0 aromatic rings. The van der Waals surface area contributed by atoms with Crippen LogP contribution in [-0.2, 0) is 18.9 Å². The number of rotatable bonds is 7. The topological polar surface area (TPSA) is 36.9 Å². The molecular weight excluding hydrogens is 432 g/mol. The third-order valence-electron chi connectivity index (χ3n) is 7.00. The molecule has 4 rings (SSSR count). The molecule has 0 N–H and O–H groups in total. The molecule has 1 spiro atoms. The molecule has 0 aromatic carbocycles. The van der Waals surface area contributed by atoms with Crippen molar-refractivity contribution in [2.24, 2.45) is 11.8 Å². The smallest absolute Gasteiger partial charge is 0.169 e. The lowest BCUT2D eigenvalue weighted by atomic mass is 9.92. The lowest BCUT2D eigenvalue weighted by Crippen LogP contribution is -2.33. The lowest BCUT2D eigenvalue weighted by Gasteiger charge is -2.32. The summed E-state index contributed by atoms with van der Waals surface area (Å²) in [6.07, 6.45) is 18.4. The van der Waals surface area contributed by atoms with E-state index in [9.17, 15) is 0 Å². The van der Waals surface area contributed by atoms with Crippen molar-refractivity contribution in [1.29, 1.82) is 0 Å². The number of allylic oxidation sites excluding steroid dienone is 3. The zero-order valence-electron chi connectivity index (χ0n) is 18.0. The van der Waals surface area contributed by atoms with Crippen LogP contribution in [0.5, 0.6) is 0 Å². The fourth-order valence-electron chi connectivity index (χ4n) is 5.45. The SMILES string of the molecule is C/C(Br)=C\C=C\[C@@H](C)[C@@H](CC1C[C@@H]2OC3(CCCC3)O[C@@H]2C1)OC1CCCCO1. The molecule has 29 heavy (non-hydrogen) atoms. The van der Waals surface area contributed by atoms with E-state index in [-0.39, 0.29) is 30.4 Å². The normalized spacial score (nSPS) is 36.7. The molecule has 0 aromatic heterocycles. The van der Waals surface area contributed by atoms with Crippen LogP contribution in [0.25, 0.3) is 0 Å². The first-order valence-corrected chi connectivity index (χ1v) is 12.5. The van der Waals surface area contributed by atoms with Crippen LogP contribution in [0.1, 0.15) is 78.1 Å². The summed E-state index contributed by atoms with van der Waals surface area (Å²) in [5.41, 5.74) is 0. The standard InChI is InChI=1S/C24H37BrO4/c1-17(8-7-9-18(2)25)20(27-23-10-3-6-13-26-23)14-19-15-21-22(16-19)29-24(28-21)11-4-5-12-24/h7-9,17,19-23H,3-6,10-16H2,1-2H3/b8-7+,18-9+/t17-,19?,20-,21-,22+,23?/m1/s1. The second kappa shape index (κ2) is 9.95. The van der Waals surface area contributed by atoms with Gasteiger partial charge in [0.2, 0.25) is 0 Å². The number of hydrogen-bond acceptors (Lipinski definition) is 4. The fraction of sp³-hybridized carbons (Fsp3) is 0.833. The minimum absolute atomic E-state index is 0.0479. The van der Waals surface area contributed by atoms with Crippen LogP contribution in [0.15, 0.2) is 22.7 Å². The minimum atomic E-state index is -0.234. The highest BCUT2D eigenvalue weighted by Crippen LogP contribution is 2.49. The maximum absolute atomic E-state index is 6.50. The van der Waals surface area contributed by atoms with Crippen LogP contribution in [0.4, 0.5) is 0 Å². The molecule has 2 saturated carbocycles. The highest BCUT2D eigenvalue weighted by molar-refractivity contribution is 9.11. The first-order valence-electron chi connectivity index (χ1n) is 11.7. The van der Waals surface area contributed by atoms with Crippen LogP contribution in [-0.4, -0.2) is 37.0 Å². The van der Waals surface area contributed by atoms with Gasteiger partial charge < -0.3 is 18.9 Å². The number of fused-ring (bicyclic) bond motifs is 1. The summed E-state index contributed by atoms with van der Waals surface area (Å²) in [7, 11) is 0. The zero-order valence-corrected chi connectivity index (χ0v) is 19.6. The highest BCUT2D eigenvalue weighted by Gasteiger charge is 2.52. The van der Waals surface area contributed by atoms with E-state index < -0.39 is 0 Å². The summed E-state index contributed by atoms with van der Waals surface area (Å²) < 4.78 is 26.4. The molecule has 0 amide bonds. The van der Waals surface area contributed by atoms with Gasteiger partial charge >= 0.3 is 0 Å². The van der Waals surface area contributed by atoms with Crippen molar-refractivity contribution >= 4 is 15.9 Å². The summed E-state index contributed by atoms with van der Waals surface area (Å²) in [6, 6.07) is 0. The molecule has 6 atom stereocenters. The monoisotopic (exact) mass is 468 g/mol. The molecule has 4 nitrogen and oxygen atoms in total. The van der Waals surface area contributed by atoms with Gasteiger partial charge in [0, 0.05) is 25.4 Å². The van der Waals surface area contributed by atoms with Crippen LogP contribution >= 0.6 is 15.9 Å². The molecule has 164 valence electrons. The van der Waals surface area contributed by atoms with Crippen molar-refractivity contribution in [1.82, 2.24) is 0 Å². The van der Waals surface area contributed by atoms with E-state index >= 15 is 0 Å². The number of ether oxygens (including phenoxy) is 4. The molecule has 5 heteroatoms. The van der Waals surface area contributed by atoms with Crippen molar-refractivity contribution in [2.45, 2.75) is 108 Å². The van der Waals surface area contributed by atoms with Crippen LogP contribution in [0.3, 0.4) is 0 Å². The highest BCUT2D eigenvalue weighted by atomic mass is 79.9. The third kappa shape index (κ3) is 5.74. The Kier molecular flexibility index (Phi) is 7.55. The number of hydrogen-bond donors (Lipinski definition) is 0. The van der Waals surface area contributed by atoms with Crippen molar-refractivity contribution in [2.75, 3.05) is 6.61 Å². The Labute approximate surface area is 184 Å². The molecule has 2 aliphatic heterocycles. The minimum Gasteiger partial charge on any atom is -0.353 e. The Hall–Kier alpha value is -0.200. The van der Waals surface area contributed by atoms with Gasteiger partial charge in [-0.05, 0) is 68.7 Å². The van der Waals surface area contributed by atoms with E-state index in [0.717, 1.165) is 56.0 Å². The van der Waals surface area contributed by atoms with Crippen molar-refractivity contribution < 1.29 is 18.9 Å². The zero-order chi connectivity index (χ0) is 20.3. The van der Waals surface area contributed by atoms with Crippen molar-refractivity contribution in [3.8, 4) is 0 Å². The summed E-state index contributed by atoms with van der Waals surface area (Å²) >= 11 is 3.50. The Morgan fingerprint density at radius 2 is 1.86 bits per heavy atom. The van der Waals surface area contributed by atoms with E-state index in [4.69, 9.17) is 18.9 Å². The van der Waals surface area contributed by atoms with Crippen molar-refractivity contribution in [3.63, 3.8) is 0 Å². The molecule has 0 radical (unpaired) electrons. The van der Waals surface area contributed by atoms with E-state index in [1.807, 2.05) is 6.92 Å². The average molecular weight is 469 g/mol. The van der Waals surface area contributed by atoms with Gasteiger partial charge in [0.05, 0.1) is 18.3 Å². The predicted octanol–water partition coefficient (Wildman–Crippen LogP) is 6.24. The van der Waals surface area contributed by atoms with Crippen LogP contribution in [0, 0.1) is 11.8 Å². The summed E-state index contributed by atoms with van der Waals surface area (Å²) in [4.78, 5) is 0. The van der Waals surface area contributed by atoms with Crippen molar-refractivity contribution in [3.05, 3.63) is 22.7 Å². The molecule has 2 aliphatic carbocycles. The summed E-state index contributed by atoms with van der Waals surface area (Å²) in [5, 5.41) is 0. The Morgan fingerprint density at radius 1 is 1.14 bits per heavy atom. The first kappa shape index (κ1) is 22.0. The second-order valence-corrected chi connectivity index (χ2v) is 10.7. The largest absolute Gasteiger partial charge is 0.353 e. The van der Waals surface area contributed by atoms with Gasteiger partial charge in [0.25, 0.3) is 0 Å². The van der Waals surface area contributed by atoms with E-state index in [0.29, 0.717) is 11.8 Å². The Morgan fingerprint density at radius 3 is 2.48 bits per heavy atom. The summed E-state index contributed by atoms with van der Waals surface area (Å²) in [6.45, 7) is 5.13. The number of halogens is 1. The lowest BCUT2D eigenvalue weighted by molar-refractivity contribution is -0.200. The quantitative estimate of drug-likeness (QED) is 0.414. The molecule has 4 fully saturated rings. The van der Waals surface area contributed by atoms with Gasteiger partial charge in [-0.3, -0.25) is 0 Å². The third-order valence-corrected chi connectivity index (χ3v) is 7.27. The predicted molar refractivity (Wildman–Crippen MR) is 118 cm³/mol. The maximum atomic E-state index is 6.50. The molecule has 2 saturated heterocycles. The van der Waals surface area contributed by atoms with Crippen LogP contribution < -0.4 is 0 Å². The maximum Gasteiger partial charge on any atom is 0.169 e. The van der Waals surface area contributed by atoms with E-state index in [1.165, 1.54) is 19.3 Å². The van der Waals surface area contributed by atoms with Crippen LogP contribution in [0.2, 0.25) is 0 Å². The van der Waals surface area contributed by atoms with E-state index in [2.05, 4.69) is 41.1 Å². The average Bonchev–Trinajstić information content (AvgIpc) is 3.37. The first-order chi connectivity index (χ1) is 14.0. The Balaban J connectivity index is 1.35. The molecular formula is C24H37BrO4. The summed E-state index contributed by atoms with van der Waals surface area (Å²) in [5.74, 6) is 0.705. The Bertz CT molecular complexity index is 572. The van der Waals surface area contributed by atoms with Gasteiger partial charge in [0.1, 0.15) is 0 Å². The van der Waals surface area contributed by atoms with Gasteiger partial charge in [-0.25, -0.2) is 0 Å². The van der Waals surface area contributed by atoms with Gasteiger partial charge in [-0.1, -0.05) is 41.1 Å². The fourth-order valence-corrected chi connectivity index (χ4v) is 5.60. The molecule has 4 aliphatic rings. The second-order valence-electron chi connectivity index (χ2n) is 9.47. The van der Waals surface area contributed by atoms with Gasteiger partial charge in [-0.2, -0.15) is 0 Å². The molecule has 2 heterocycles. The van der Waals surface area contributed by atoms with E-state index in [1.54, 1.807) is 0 Å².